The van der Waals surface area contributed by atoms with Crippen LogP contribution in [-0.2, 0) is 9.59 Å². The number of imide groups is 2. The number of methoxy groups -OCH3 is 1. The van der Waals surface area contributed by atoms with Crippen LogP contribution in [0.5, 0.6) is 5.75 Å². The van der Waals surface area contributed by atoms with Crippen molar-refractivity contribution in [1.82, 2.24) is 15.1 Å². The molecule has 1 spiro atoms. The van der Waals surface area contributed by atoms with Gasteiger partial charge in [0, 0.05) is 50.9 Å². The van der Waals surface area contributed by atoms with E-state index >= 15 is 4.39 Å². The van der Waals surface area contributed by atoms with E-state index in [1.165, 1.54) is 43.0 Å². The summed E-state index contributed by atoms with van der Waals surface area (Å²) in [5, 5.41) is 2.19. The van der Waals surface area contributed by atoms with Crippen LogP contribution in [0.25, 0.3) is 0 Å². The highest BCUT2D eigenvalue weighted by atomic mass is 19.1. The summed E-state index contributed by atoms with van der Waals surface area (Å²) >= 11 is 0. The maximum absolute atomic E-state index is 15.4. The number of halogens is 1. The van der Waals surface area contributed by atoms with Crippen LogP contribution in [0, 0.1) is 24.1 Å². The molecule has 0 saturated carbocycles. The van der Waals surface area contributed by atoms with Crippen LogP contribution in [0.3, 0.4) is 0 Å². The Bertz CT molecular complexity index is 1640. The highest BCUT2D eigenvalue weighted by molar-refractivity contribution is 6.23. The number of aryl methyl sites for hydroxylation is 1. The molecule has 0 aromatic heterocycles. The lowest BCUT2D eigenvalue weighted by atomic mass is 9.71. The number of ether oxygens (including phenoxy) is 1. The molecular weight excluding hydrogens is 615 g/mol. The van der Waals surface area contributed by atoms with Crippen molar-refractivity contribution >= 4 is 40.7 Å². The van der Waals surface area contributed by atoms with Gasteiger partial charge in [-0.05, 0) is 100 Å². The summed E-state index contributed by atoms with van der Waals surface area (Å²) < 4.78 is 20.9. The lowest BCUT2D eigenvalue weighted by molar-refractivity contribution is -0.136. The number of piperidine rings is 4. The number of rotatable bonds is 6. The van der Waals surface area contributed by atoms with Gasteiger partial charge in [0.05, 0.1) is 29.6 Å². The Hall–Kier alpha value is -4.19. The van der Waals surface area contributed by atoms with E-state index in [9.17, 15) is 19.2 Å². The Labute approximate surface area is 280 Å². The van der Waals surface area contributed by atoms with E-state index in [0.717, 1.165) is 62.3 Å². The zero-order valence-electron chi connectivity index (χ0n) is 27.9. The molecule has 1 atom stereocenters. The minimum atomic E-state index is -1.07. The number of fused-ring (bicyclic) bond motifs is 1. The second kappa shape index (κ2) is 12.7. The van der Waals surface area contributed by atoms with E-state index in [1.54, 1.807) is 7.11 Å². The molecule has 12 heteroatoms. The number of nitrogens with zero attached hydrogens (tertiary/aromatic N) is 4. The Morgan fingerprint density at radius 1 is 0.854 bits per heavy atom. The van der Waals surface area contributed by atoms with Crippen LogP contribution >= 0.6 is 0 Å². The Morgan fingerprint density at radius 2 is 1.48 bits per heavy atom. The first kappa shape index (κ1) is 32.4. The fourth-order valence-corrected chi connectivity index (χ4v) is 8.59. The molecule has 4 amide bonds. The van der Waals surface area contributed by atoms with Crippen LogP contribution in [0.4, 0.5) is 21.5 Å². The number of nitrogens with two attached hydrogens (primary N) is 1. The quantitative estimate of drug-likeness (QED) is 0.352. The first-order chi connectivity index (χ1) is 23.1. The van der Waals surface area contributed by atoms with Crippen molar-refractivity contribution in [3.8, 4) is 5.75 Å². The topological polar surface area (TPSA) is 129 Å². The number of anilines is 3. The molecule has 1 unspecified atom stereocenters. The molecule has 7 rings (SSSR count). The van der Waals surface area contributed by atoms with Crippen LogP contribution in [0.15, 0.2) is 24.3 Å². The lowest BCUT2D eigenvalue weighted by Crippen LogP contribution is -2.54. The van der Waals surface area contributed by atoms with Crippen molar-refractivity contribution in [2.75, 3.05) is 68.5 Å². The minimum absolute atomic E-state index is 0.0324. The Morgan fingerprint density at radius 3 is 2.12 bits per heavy atom. The fourth-order valence-electron chi connectivity index (χ4n) is 8.59. The molecule has 5 aliphatic heterocycles. The molecule has 2 aromatic carbocycles. The molecule has 3 N–H and O–H groups in total. The van der Waals surface area contributed by atoms with E-state index in [0.29, 0.717) is 35.8 Å². The SMILES string of the molecule is COc1cc(N2CCC3(CCN(CC4CCN(c5cc6c(cc5F)C(=O)N(C5CCC(=O)NC5=O)C6=O)CC4)CC3)CC2)c(C)cc1N. The number of nitrogen functional groups attached to an aromatic ring is 1. The van der Waals surface area contributed by atoms with Gasteiger partial charge in [0.2, 0.25) is 11.8 Å². The van der Waals surface area contributed by atoms with Crippen molar-refractivity contribution < 1.29 is 28.3 Å². The summed E-state index contributed by atoms with van der Waals surface area (Å²) in [6, 6.07) is 5.61. The van der Waals surface area contributed by atoms with E-state index in [-0.39, 0.29) is 24.0 Å². The third kappa shape index (κ3) is 5.88. The van der Waals surface area contributed by atoms with Crippen LogP contribution in [0.2, 0.25) is 0 Å². The maximum Gasteiger partial charge on any atom is 0.262 e. The van der Waals surface area contributed by atoms with E-state index < -0.39 is 35.5 Å². The molecule has 256 valence electrons. The maximum atomic E-state index is 15.4. The third-order valence-electron chi connectivity index (χ3n) is 11.6. The zero-order valence-corrected chi connectivity index (χ0v) is 27.9. The van der Waals surface area contributed by atoms with Crippen LogP contribution in [0.1, 0.15) is 77.6 Å². The minimum Gasteiger partial charge on any atom is -0.495 e. The van der Waals surface area contributed by atoms with Crippen LogP contribution in [-0.4, -0.2) is 92.4 Å². The molecule has 4 fully saturated rings. The molecule has 0 aliphatic carbocycles. The molecule has 4 saturated heterocycles. The summed E-state index contributed by atoms with van der Waals surface area (Å²) in [6.45, 7) is 8.79. The van der Waals surface area contributed by atoms with Gasteiger partial charge in [0.1, 0.15) is 17.6 Å². The average Bonchev–Trinajstić information content (AvgIpc) is 3.31. The first-order valence-corrected chi connectivity index (χ1v) is 17.3. The van der Waals surface area contributed by atoms with E-state index in [4.69, 9.17) is 10.5 Å². The van der Waals surface area contributed by atoms with Crippen molar-refractivity contribution in [2.24, 2.45) is 11.3 Å². The van der Waals surface area contributed by atoms with Gasteiger partial charge in [-0.2, -0.15) is 0 Å². The molecule has 2 aromatic rings. The van der Waals surface area contributed by atoms with Gasteiger partial charge in [-0.3, -0.25) is 29.4 Å². The van der Waals surface area contributed by atoms with Crippen molar-refractivity contribution in [3.63, 3.8) is 0 Å². The number of carbonyl (C=O) groups is 4. The Balaban J connectivity index is 0.907. The third-order valence-corrected chi connectivity index (χ3v) is 11.6. The lowest BCUT2D eigenvalue weighted by Gasteiger charge is -2.48. The van der Waals surface area contributed by atoms with Gasteiger partial charge in [-0.25, -0.2) is 4.39 Å². The predicted octanol–water partition coefficient (Wildman–Crippen LogP) is 3.73. The van der Waals surface area contributed by atoms with Gasteiger partial charge in [-0.1, -0.05) is 0 Å². The summed E-state index contributed by atoms with van der Waals surface area (Å²) in [5.74, 6) is -1.71. The van der Waals surface area contributed by atoms with Crippen LogP contribution < -0.4 is 25.6 Å². The van der Waals surface area contributed by atoms with Gasteiger partial charge in [0.25, 0.3) is 11.8 Å². The van der Waals surface area contributed by atoms with Crippen molar-refractivity contribution in [3.05, 3.63) is 46.8 Å². The largest absolute Gasteiger partial charge is 0.495 e. The van der Waals surface area contributed by atoms with Gasteiger partial charge >= 0.3 is 0 Å². The second-order valence-electron chi connectivity index (χ2n) is 14.4. The number of hydrogen-bond acceptors (Lipinski definition) is 9. The number of hydrogen-bond donors (Lipinski definition) is 2. The molecule has 11 nitrogen and oxygen atoms in total. The Kier molecular flexibility index (Phi) is 8.55. The zero-order chi connectivity index (χ0) is 33.7. The molecule has 5 heterocycles. The van der Waals surface area contributed by atoms with E-state index in [2.05, 4.69) is 28.1 Å². The molecule has 0 radical (unpaired) electrons. The predicted molar refractivity (Wildman–Crippen MR) is 180 cm³/mol. The molecule has 5 aliphatic rings. The monoisotopic (exact) mass is 660 g/mol. The van der Waals surface area contributed by atoms with Gasteiger partial charge < -0.3 is 25.2 Å². The number of likely N-dealkylation sites (tertiary alicyclic amines) is 1. The average molecular weight is 661 g/mol. The smallest absolute Gasteiger partial charge is 0.262 e. The summed E-state index contributed by atoms with van der Waals surface area (Å²) in [4.78, 5) is 58.3. The van der Waals surface area contributed by atoms with Gasteiger partial charge in [-0.15, -0.1) is 0 Å². The number of nitrogens with one attached hydrogen (secondary N) is 1. The highest BCUT2D eigenvalue weighted by Crippen LogP contribution is 2.44. The standard InChI is InChI=1S/C36H45FN6O5/c1-22-17-27(38)31(48-2)20-29(22)42-15-9-36(10-16-42)7-13-40(14-8-36)21-23-5-11-41(12-6-23)30-19-25-24(18-26(30)37)34(46)43(35(25)47)28-3-4-32(44)39-33(28)45/h17-20,23,28H,3-16,21,38H2,1-2H3,(H,39,44,45). The first-order valence-electron chi connectivity index (χ1n) is 17.3. The summed E-state index contributed by atoms with van der Waals surface area (Å²) in [6.07, 6.45) is 6.76. The van der Waals surface area contributed by atoms with Gasteiger partial charge in [0.15, 0.2) is 0 Å². The second-order valence-corrected chi connectivity index (χ2v) is 14.4. The number of amides is 4. The summed E-state index contributed by atoms with van der Waals surface area (Å²) in [7, 11) is 1.66. The fraction of sp³-hybridized carbons (Fsp3) is 0.556. The van der Waals surface area contributed by atoms with Crippen molar-refractivity contribution in [1.29, 1.82) is 0 Å². The van der Waals surface area contributed by atoms with Crippen molar-refractivity contribution in [2.45, 2.75) is 64.3 Å². The summed E-state index contributed by atoms with van der Waals surface area (Å²) in [5.41, 5.74) is 9.99. The number of benzene rings is 2. The molecule has 0 bridgehead atoms. The molecule has 48 heavy (non-hydrogen) atoms. The highest BCUT2D eigenvalue weighted by Gasteiger charge is 2.45. The molecular formula is C36H45FN6O5. The number of carbonyl (C=O) groups excluding carboxylic acids is 4. The van der Waals surface area contributed by atoms with E-state index in [1.807, 2.05) is 11.0 Å². The normalized spacial score (nSPS) is 23.6.